The summed E-state index contributed by atoms with van der Waals surface area (Å²) in [5.41, 5.74) is 1.68. The summed E-state index contributed by atoms with van der Waals surface area (Å²) in [6.07, 6.45) is 2.47. The van der Waals surface area contributed by atoms with E-state index in [-0.39, 0.29) is 10.5 Å². The largest absolute Gasteiger partial charge is 0.449 e. The van der Waals surface area contributed by atoms with E-state index >= 15 is 0 Å². The van der Waals surface area contributed by atoms with Gasteiger partial charge in [-0.3, -0.25) is 9.20 Å². The number of primary sulfonamides is 1. The average molecular weight is 417 g/mol. The third-order valence-corrected chi connectivity index (χ3v) is 5.07. The zero-order chi connectivity index (χ0) is 21.0. The number of fused-ring (bicyclic) bond motifs is 1. The van der Waals surface area contributed by atoms with E-state index in [0.29, 0.717) is 18.6 Å². The van der Waals surface area contributed by atoms with Gasteiger partial charge in [0, 0.05) is 12.7 Å². The molecule has 0 aliphatic heterocycles. The molecule has 3 rings (SSSR count). The molecule has 11 heteroatoms. The summed E-state index contributed by atoms with van der Waals surface area (Å²) in [4.78, 5) is 24.4. The van der Waals surface area contributed by atoms with E-state index in [0.717, 1.165) is 5.56 Å². The van der Waals surface area contributed by atoms with Gasteiger partial charge in [0.25, 0.3) is 5.91 Å². The van der Waals surface area contributed by atoms with Gasteiger partial charge in [0.1, 0.15) is 6.33 Å². The molecule has 1 atom stereocenters. The molecule has 0 bridgehead atoms. The fraction of sp³-hybridized carbons (Fsp3) is 0.222. The molecule has 1 amide bonds. The Morgan fingerprint density at radius 3 is 2.62 bits per heavy atom. The highest BCUT2D eigenvalue weighted by Gasteiger charge is 2.19. The summed E-state index contributed by atoms with van der Waals surface area (Å²) in [6.45, 7) is 1.77. The first-order valence-corrected chi connectivity index (χ1v) is 10.2. The third kappa shape index (κ3) is 5.15. The normalized spacial score (nSPS) is 12.5. The SMILES string of the molecule is CC(OC(=O)c1ccc2nncn2c1)C(=O)NCCc1ccc(S(N)(=O)=O)cc1. The fourth-order valence-corrected chi connectivity index (χ4v) is 3.07. The van der Waals surface area contributed by atoms with Crippen LogP contribution >= 0.6 is 0 Å². The van der Waals surface area contributed by atoms with Crippen molar-refractivity contribution < 1.29 is 22.7 Å². The molecule has 2 heterocycles. The highest BCUT2D eigenvalue weighted by molar-refractivity contribution is 7.89. The number of rotatable bonds is 7. The van der Waals surface area contributed by atoms with Gasteiger partial charge in [-0.1, -0.05) is 12.1 Å². The van der Waals surface area contributed by atoms with Crippen molar-refractivity contribution >= 4 is 27.5 Å². The Bertz CT molecular complexity index is 1140. The Labute approximate surface area is 166 Å². The number of pyridine rings is 1. The lowest BCUT2D eigenvalue weighted by Gasteiger charge is -2.13. The van der Waals surface area contributed by atoms with Gasteiger partial charge < -0.3 is 10.1 Å². The van der Waals surface area contributed by atoms with Crippen LogP contribution in [0.25, 0.3) is 5.65 Å². The number of aromatic nitrogens is 3. The van der Waals surface area contributed by atoms with Crippen LogP contribution in [0.4, 0.5) is 0 Å². The number of esters is 1. The number of hydrogen-bond acceptors (Lipinski definition) is 7. The lowest BCUT2D eigenvalue weighted by Crippen LogP contribution is -2.36. The molecular weight excluding hydrogens is 398 g/mol. The zero-order valence-electron chi connectivity index (χ0n) is 15.5. The number of carbonyl (C=O) groups excluding carboxylic acids is 2. The number of nitrogens with one attached hydrogen (secondary N) is 1. The molecule has 0 aliphatic rings. The molecule has 29 heavy (non-hydrogen) atoms. The molecule has 10 nitrogen and oxygen atoms in total. The van der Waals surface area contributed by atoms with Gasteiger partial charge in [-0.15, -0.1) is 10.2 Å². The van der Waals surface area contributed by atoms with Gasteiger partial charge >= 0.3 is 5.97 Å². The van der Waals surface area contributed by atoms with Gasteiger partial charge in [0.05, 0.1) is 10.5 Å². The smallest absolute Gasteiger partial charge is 0.340 e. The molecule has 3 N–H and O–H groups in total. The number of nitrogens with two attached hydrogens (primary N) is 1. The van der Waals surface area contributed by atoms with E-state index in [1.54, 1.807) is 28.7 Å². The average Bonchev–Trinajstić information content (AvgIpc) is 3.15. The number of carbonyl (C=O) groups is 2. The number of sulfonamides is 1. The number of ether oxygens (including phenoxy) is 1. The van der Waals surface area contributed by atoms with Crippen LogP contribution in [0.2, 0.25) is 0 Å². The summed E-state index contributed by atoms with van der Waals surface area (Å²) in [5, 5.41) is 15.3. The first kappa shape index (κ1) is 20.4. The van der Waals surface area contributed by atoms with Crippen molar-refractivity contribution in [1.29, 1.82) is 0 Å². The molecular formula is C18H19N5O5S. The van der Waals surface area contributed by atoms with Gasteiger partial charge in [0.2, 0.25) is 10.0 Å². The Hall–Kier alpha value is -3.31. The third-order valence-electron chi connectivity index (χ3n) is 4.14. The predicted octanol–water partition coefficient (Wildman–Crippen LogP) is 0.281. The Kier molecular flexibility index (Phi) is 5.89. The van der Waals surface area contributed by atoms with Crippen LogP contribution in [0, 0.1) is 0 Å². The second-order valence-electron chi connectivity index (χ2n) is 6.29. The van der Waals surface area contributed by atoms with Gasteiger partial charge in [-0.25, -0.2) is 18.4 Å². The molecule has 0 radical (unpaired) electrons. The van der Waals surface area contributed by atoms with Crippen LogP contribution in [0.15, 0.2) is 53.8 Å². The van der Waals surface area contributed by atoms with Crippen molar-refractivity contribution in [3.63, 3.8) is 0 Å². The predicted molar refractivity (Wildman–Crippen MR) is 102 cm³/mol. The van der Waals surface area contributed by atoms with Crippen LogP contribution in [0.1, 0.15) is 22.8 Å². The maximum Gasteiger partial charge on any atom is 0.340 e. The van der Waals surface area contributed by atoms with Crippen molar-refractivity contribution in [3.05, 3.63) is 60.0 Å². The van der Waals surface area contributed by atoms with Crippen molar-refractivity contribution in [2.24, 2.45) is 5.14 Å². The van der Waals surface area contributed by atoms with Crippen molar-refractivity contribution in [2.45, 2.75) is 24.3 Å². The maximum absolute atomic E-state index is 12.2. The second kappa shape index (κ2) is 8.37. The van der Waals surface area contributed by atoms with Crippen LogP contribution in [0.5, 0.6) is 0 Å². The lowest BCUT2D eigenvalue weighted by atomic mass is 10.1. The molecule has 0 spiro atoms. The minimum atomic E-state index is -3.73. The molecule has 2 aromatic heterocycles. The summed E-state index contributed by atoms with van der Waals surface area (Å²) in [5.74, 6) is -1.08. The van der Waals surface area contributed by atoms with Crippen LogP contribution < -0.4 is 10.5 Å². The first-order valence-electron chi connectivity index (χ1n) is 8.64. The molecule has 0 aliphatic carbocycles. The van der Waals surface area contributed by atoms with E-state index in [4.69, 9.17) is 9.88 Å². The van der Waals surface area contributed by atoms with E-state index in [9.17, 15) is 18.0 Å². The van der Waals surface area contributed by atoms with Crippen molar-refractivity contribution in [2.75, 3.05) is 6.54 Å². The quantitative estimate of drug-likeness (QED) is 0.525. The highest BCUT2D eigenvalue weighted by Crippen LogP contribution is 2.09. The van der Waals surface area contributed by atoms with Crippen LogP contribution in [-0.2, 0) is 26.0 Å². The van der Waals surface area contributed by atoms with E-state index in [1.807, 2.05) is 0 Å². The number of amides is 1. The maximum atomic E-state index is 12.2. The molecule has 1 unspecified atom stereocenters. The number of hydrogen-bond donors (Lipinski definition) is 2. The number of nitrogens with zero attached hydrogens (tertiary/aromatic N) is 3. The van der Waals surface area contributed by atoms with E-state index in [1.165, 1.54) is 31.6 Å². The Morgan fingerprint density at radius 1 is 1.21 bits per heavy atom. The highest BCUT2D eigenvalue weighted by atomic mass is 32.2. The second-order valence-corrected chi connectivity index (χ2v) is 7.85. The summed E-state index contributed by atoms with van der Waals surface area (Å²) in [7, 11) is -3.73. The van der Waals surface area contributed by atoms with Crippen molar-refractivity contribution in [3.8, 4) is 0 Å². The van der Waals surface area contributed by atoms with Crippen molar-refractivity contribution in [1.82, 2.24) is 19.9 Å². The van der Waals surface area contributed by atoms with Gasteiger partial charge in [0.15, 0.2) is 11.8 Å². The summed E-state index contributed by atoms with van der Waals surface area (Å²) >= 11 is 0. The Balaban J connectivity index is 1.49. The zero-order valence-corrected chi connectivity index (χ0v) is 16.3. The molecule has 0 saturated carbocycles. The minimum Gasteiger partial charge on any atom is -0.449 e. The standard InChI is InChI=1S/C18H19N5O5S/c1-12(28-18(25)14-4-7-16-22-21-11-23(16)10-14)17(24)20-9-8-13-2-5-15(6-3-13)29(19,26)27/h2-7,10-12H,8-9H2,1H3,(H,20,24)(H2,19,26,27). The van der Waals surface area contributed by atoms with Gasteiger partial charge in [-0.05, 0) is 43.2 Å². The number of benzene rings is 1. The molecule has 3 aromatic rings. The molecule has 0 fully saturated rings. The molecule has 0 saturated heterocycles. The molecule has 1 aromatic carbocycles. The van der Waals surface area contributed by atoms with E-state index < -0.39 is 28.0 Å². The fourth-order valence-electron chi connectivity index (χ4n) is 2.55. The molecule has 152 valence electrons. The van der Waals surface area contributed by atoms with Crippen LogP contribution in [-0.4, -0.2) is 47.5 Å². The van der Waals surface area contributed by atoms with Gasteiger partial charge in [-0.2, -0.15) is 0 Å². The van der Waals surface area contributed by atoms with Crippen LogP contribution in [0.3, 0.4) is 0 Å². The Morgan fingerprint density at radius 2 is 1.93 bits per heavy atom. The minimum absolute atomic E-state index is 0.0236. The monoisotopic (exact) mass is 417 g/mol. The summed E-state index contributed by atoms with van der Waals surface area (Å²) in [6, 6.07) is 9.22. The lowest BCUT2D eigenvalue weighted by molar-refractivity contribution is -0.129. The summed E-state index contributed by atoms with van der Waals surface area (Å²) < 4.78 is 29.2. The van der Waals surface area contributed by atoms with E-state index in [2.05, 4.69) is 15.5 Å². The topological polar surface area (TPSA) is 146 Å². The first-order chi connectivity index (χ1) is 13.7.